The van der Waals surface area contributed by atoms with Crippen LogP contribution in [0.2, 0.25) is 0 Å². The van der Waals surface area contributed by atoms with Gasteiger partial charge in [-0.2, -0.15) is 0 Å². The summed E-state index contributed by atoms with van der Waals surface area (Å²) >= 11 is 6.90. The maximum Gasteiger partial charge on any atom is 0.0778 e. The first kappa shape index (κ1) is 8.75. The molecule has 58 valence electrons. The van der Waals surface area contributed by atoms with Gasteiger partial charge in [0.25, 0.3) is 0 Å². The van der Waals surface area contributed by atoms with Crippen molar-refractivity contribution >= 4 is 28.2 Å². The largest absolute Gasteiger partial charge is 0.114 e. The van der Waals surface area contributed by atoms with Gasteiger partial charge < -0.3 is 0 Å². The first-order chi connectivity index (χ1) is 5.34. The van der Waals surface area contributed by atoms with Gasteiger partial charge >= 0.3 is 0 Å². The van der Waals surface area contributed by atoms with Crippen molar-refractivity contribution in [3.63, 3.8) is 0 Å². The summed E-state index contributed by atoms with van der Waals surface area (Å²) < 4.78 is 0.994. The summed E-state index contributed by atoms with van der Waals surface area (Å²) in [6.07, 6.45) is 0. The zero-order valence-corrected chi connectivity index (χ0v) is 8.04. The molecule has 1 aromatic carbocycles. The smallest absolute Gasteiger partial charge is 0.0778 e. The molecule has 0 unspecified atom stereocenters. The lowest BCUT2D eigenvalue weighted by atomic mass is 10.2. The normalized spacial score (nSPS) is 9.55. The van der Waals surface area contributed by atoms with Gasteiger partial charge in [-0.1, -0.05) is 49.5 Å². The Balaban J connectivity index is 2.69. The average Bonchev–Trinajstić information content (AvgIpc) is 2.07. The fraction of sp³-hybridized carbons (Fsp3) is 0.222. The van der Waals surface area contributed by atoms with Crippen LogP contribution in [0.1, 0.15) is 12.5 Å². The van der Waals surface area contributed by atoms with Crippen molar-refractivity contribution in [3.05, 3.63) is 35.9 Å². The minimum Gasteiger partial charge on any atom is -0.114 e. The standard InChI is InChI=1S/C9H10S2/c1-2-11-9(10)8-6-4-3-5-7-8/h3-7H,2H2,1H3. The predicted molar refractivity (Wildman–Crippen MR) is 56.3 cm³/mol. The van der Waals surface area contributed by atoms with Crippen LogP contribution >= 0.6 is 24.0 Å². The van der Waals surface area contributed by atoms with Gasteiger partial charge in [-0.15, -0.1) is 11.8 Å². The van der Waals surface area contributed by atoms with Gasteiger partial charge in [0.05, 0.1) is 4.20 Å². The van der Waals surface area contributed by atoms with E-state index in [1.165, 1.54) is 0 Å². The molecule has 0 nitrogen and oxygen atoms in total. The third-order valence-corrected chi connectivity index (χ3v) is 2.66. The topological polar surface area (TPSA) is 0 Å². The van der Waals surface area contributed by atoms with E-state index in [0.29, 0.717) is 0 Å². The van der Waals surface area contributed by atoms with Crippen molar-refractivity contribution in [2.45, 2.75) is 6.92 Å². The Bertz CT molecular complexity index is 229. The zero-order chi connectivity index (χ0) is 8.10. The molecule has 0 N–H and O–H groups in total. The number of benzene rings is 1. The molecule has 0 aliphatic heterocycles. The van der Waals surface area contributed by atoms with E-state index in [2.05, 4.69) is 6.92 Å². The van der Waals surface area contributed by atoms with Crippen LogP contribution in [0.3, 0.4) is 0 Å². The van der Waals surface area contributed by atoms with Crippen LogP contribution in [0, 0.1) is 0 Å². The summed E-state index contributed by atoms with van der Waals surface area (Å²) in [4.78, 5) is 0. The zero-order valence-electron chi connectivity index (χ0n) is 6.41. The van der Waals surface area contributed by atoms with Crippen molar-refractivity contribution in [2.24, 2.45) is 0 Å². The van der Waals surface area contributed by atoms with E-state index in [-0.39, 0.29) is 0 Å². The maximum atomic E-state index is 5.18. The van der Waals surface area contributed by atoms with Crippen LogP contribution in [0.15, 0.2) is 30.3 Å². The van der Waals surface area contributed by atoms with Crippen LogP contribution in [0.5, 0.6) is 0 Å². The Labute approximate surface area is 77.0 Å². The number of hydrogen-bond acceptors (Lipinski definition) is 2. The molecule has 1 aromatic rings. The van der Waals surface area contributed by atoms with Crippen LogP contribution in [0.4, 0.5) is 0 Å². The summed E-state index contributed by atoms with van der Waals surface area (Å²) in [6, 6.07) is 10.1. The molecule has 0 saturated heterocycles. The highest BCUT2D eigenvalue weighted by Crippen LogP contribution is 2.12. The van der Waals surface area contributed by atoms with Crippen LogP contribution in [-0.4, -0.2) is 9.95 Å². The maximum absolute atomic E-state index is 5.18. The Kier molecular flexibility index (Phi) is 3.60. The molecule has 0 spiro atoms. The molecule has 0 atom stereocenters. The molecular weight excluding hydrogens is 172 g/mol. The van der Waals surface area contributed by atoms with Crippen molar-refractivity contribution in [1.82, 2.24) is 0 Å². The van der Waals surface area contributed by atoms with E-state index in [1.54, 1.807) is 11.8 Å². The van der Waals surface area contributed by atoms with E-state index >= 15 is 0 Å². The molecule has 0 aliphatic carbocycles. The second kappa shape index (κ2) is 4.52. The lowest BCUT2D eigenvalue weighted by Crippen LogP contribution is -1.90. The summed E-state index contributed by atoms with van der Waals surface area (Å²) in [7, 11) is 0. The Morgan fingerprint density at radius 2 is 2.00 bits per heavy atom. The third kappa shape index (κ3) is 2.64. The van der Waals surface area contributed by atoms with E-state index in [1.807, 2.05) is 30.3 Å². The van der Waals surface area contributed by atoms with Crippen LogP contribution < -0.4 is 0 Å². The summed E-state index contributed by atoms with van der Waals surface area (Å²) in [6.45, 7) is 2.11. The van der Waals surface area contributed by atoms with Gasteiger partial charge in [0.2, 0.25) is 0 Å². The monoisotopic (exact) mass is 182 g/mol. The van der Waals surface area contributed by atoms with Gasteiger partial charge in [0.1, 0.15) is 0 Å². The van der Waals surface area contributed by atoms with Crippen molar-refractivity contribution in [2.75, 3.05) is 5.75 Å². The highest BCUT2D eigenvalue weighted by Gasteiger charge is 1.97. The van der Waals surface area contributed by atoms with E-state index in [4.69, 9.17) is 12.2 Å². The number of thioether (sulfide) groups is 1. The van der Waals surface area contributed by atoms with Crippen molar-refractivity contribution in [1.29, 1.82) is 0 Å². The second-order valence-corrected chi connectivity index (χ2v) is 4.03. The molecular formula is C9H10S2. The Hall–Kier alpha value is -0.340. The lowest BCUT2D eigenvalue weighted by molar-refractivity contribution is 1.54. The van der Waals surface area contributed by atoms with E-state index in [0.717, 1.165) is 15.5 Å². The molecule has 0 aliphatic rings. The molecule has 0 amide bonds. The third-order valence-electron chi connectivity index (χ3n) is 1.28. The summed E-state index contributed by atoms with van der Waals surface area (Å²) in [5.41, 5.74) is 1.16. The van der Waals surface area contributed by atoms with Gasteiger partial charge in [-0.05, 0) is 11.3 Å². The van der Waals surface area contributed by atoms with Crippen molar-refractivity contribution in [3.8, 4) is 0 Å². The van der Waals surface area contributed by atoms with Crippen LogP contribution in [-0.2, 0) is 0 Å². The van der Waals surface area contributed by atoms with E-state index < -0.39 is 0 Å². The fourth-order valence-electron chi connectivity index (χ4n) is 0.789. The molecule has 1 rings (SSSR count). The van der Waals surface area contributed by atoms with Gasteiger partial charge in [0, 0.05) is 0 Å². The van der Waals surface area contributed by atoms with Gasteiger partial charge in [-0.25, -0.2) is 0 Å². The first-order valence-corrected chi connectivity index (χ1v) is 4.96. The second-order valence-electron chi connectivity index (χ2n) is 2.09. The minimum atomic E-state index is 0.994. The predicted octanol–water partition coefficient (Wildman–Crippen LogP) is 3.12. The van der Waals surface area contributed by atoms with Gasteiger partial charge in [-0.3, -0.25) is 0 Å². The summed E-state index contributed by atoms with van der Waals surface area (Å²) in [5.74, 6) is 1.05. The van der Waals surface area contributed by atoms with Gasteiger partial charge in [0.15, 0.2) is 0 Å². The molecule has 0 heterocycles. The van der Waals surface area contributed by atoms with Crippen molar-refractivity contribution < 1.29 is 0 Å². The number of hydrogen-bond donors (Lipinski definition) is 0. The molecule has 0 bridgehead atoms. The quantitative estimate of drug-likeness (QED) is 0.645. The Morgan fingerprint density at radius 3 is 2.55 bits per heavy atom. The minimum absolute atomic E-state index is 0.994. The molecule has 0 fully saturated rings. The SMILES string of the molecule is CCSC(=S)c1ccccc1. The fourth-order valence-corrected chi connectivity index (χ4v) is 1.84. The number of thiocarbonyl (C=S) groups is 1. The molecule has 11 heavy (non-hydrogen) atoms. The van der Waals surface area contributed by atoms with Crippen LogP contribution in [0.25, 0.3) is 0 Å². The molecule has 0 radical (unpaired) electrons. The number of rotatable bonds is 2. The lowest BCUT2D eigenvalue weighted by Gasteiger charge is -1.99. The average molecular weight is 182 g/mol. The molecule has 2 heteroatoms. The first-order valence-electron chi connectivity index (χ1n) is 3.56. The summed E-state index contributed by atoms with van der Waals surface area (Å²) in [5, 5.41) is 0. The highest BCUT2D eigenvalue weighted by atomic mass is 32.2. The molecule has 0 aromatic heterocycles. The highest BCUT2D eigenvalue weighted by molar-refractivity contribution is 8.23. The molecule has 0 saturated carbocycles. The van der Waals surface area contributed by atoms with E-state index in [9.17, 15) is 0 Å². The Morgan fingerprint density at radius 1 is 1.36 bits per heavy atom.